The summed E-state index contributed by atoms with van der Waals surface area (Å²) in [7, 11) is -0.311. The van der Waals surface area contributed by atoms with Crippen molar-refractivity contribution in [2.45, 2.75) is 51.9 Å². The fourth-order valence-corrected chi connectivity index (χ4v) is 2.57. The van der Waals surface area contributed by atoms with Crippen LogP contribution in [0.3, 0.4) is 0 Å². The number of ether oxygens (including phenoxy) is 1. The van der Waals surface area contributed by atoms with E-state index in [1.807, 2.05) is 0 Å². The van der Waals surface area contributed by atoms with Gasteiger partial charge in [-0.2, -0.15) is 0 Å². The molecule has 1 aromatic carbocycles. The number of hydrogen-bond donors (Lipinski definition) is 1. The van der Waals surface area contributed by atoms with Crippen LogP contribution in [0.4, 0.5) is 5.69 Å². The van der Waals surface area contributed by atoms with Crippen molar-refractivity contribution in [3.63, 3.8) is 0 Å². The molecule has 3 rings (SSSR count). The Hall–Kier alpha value is -1.04. The fraction of sp³-hybridized carbons (Fsp3) is 0.625. The Balaban J connectivity index is 1.84. The van der Waals surface area contributed by atoms with Crippen molar-refractivity contribution in [1.29, 1.82) is 0 Å². The van der Waals surface area contributed by atoms with Gasteiger partial charge in [0.15, 0.2) is 0 Å². The van der Waals surface area contributed by atoms with Crippen LogP contribution in [0.5, 0.6) is 0 Å². The number of benzene rings is 1. The lowest BCUT2D eigenvalue weighted by Gasteiger charge is -2.32. The van der Waals surface area contributed by atoms with E-state index in [0.29, 0.717) is 6.04 Å². The Bertz CT molecular complexity index is 524. The minimum atomic E-state index is -0.311. The highest BCUT2D eigenvalue weighted by Crippen LogP contribution is 2.37. The van der Waals surface area contributed by atoms with Gasteiger partial charge >= 0.3 is 7.12 Å². The number of hydrogen-bond acceptors (Lipinski definition) is 4. The van der Waals surface area contributed by atoms with Crippen LogP contribution < -0.4 is 10.8 Å². The number of nitrogens with one attached hydrogen (secondary N) is 1. The molecule has 0 radical (unpaired) electrons. The van der Waals surface area contributed by atoms with Gasteiger partial charge < -0.3 is 19.4 Å². The molecular weight excluding hydrogens is 265 g/mol. The highest BCUT2D eigenvalue weighted by Gasteiger charge is 2.52. The number of rotatable bonds is 3. The molecule has 0 bridgehead atoms. The van der Waals surface area contributed by atoms with E-state index in [-0.39, 0.29) is 18.3 Å². The summed E-state index contributed by atoms with van der Waals surface area (Å²) in [4.78, 5) is 0. The zero-order chi connectivity index (χ0) is 15.3. The van der Waals surface area contributed by atoms with Gasteiger partial charge in [-0.05, 0) is 51.7 Å². The second-order valence-corrected chi connectivity index (χ2v) is 6.99. The van der Waals surface area contributed by atoms with Gasteiger partial charge in [-0.25, -0.2) is 0 Å². The highest BCUT2D eigenvalue weighted by molar-refractivity contribution is 6.62. The van der Waals surface area contributed by atoms with Crippen LogP contribution in [0.25, 0.3) is 0 Å². The molecule has 2 aliphatic rings. The maximum atomic E-state index is 6.16. The summed E-state index contributed by atoms with van der Waals surface area (Å²) in [6.45, 7) is 12.0. The van der Waals surface area contributed by atoms with Crippen molar-refractivity contribution >= 4 is 18.3 Å². The number of anilines is 1. The normalized spacial score (nSPS) is 24.0. The van der Waals surface area contributed by atoms with Gasteiger partial charge in [-0.15, -0.1) is 0 Å². The third kappa shape index (κ3) is 2.58. The quantitative estimate of drug-likeness (QED) is 0.865. The van der Waals surface area contributed by atoms with E-state index >= 15 is 0 Å². The summed E-state index contributed by atoms with van der Waals surface area (Å²) in [5, 5.41) is 3.52. The standard InChI is InChI=1S/C16H24BNO3/c1-11-13(17-20-15(2,3)16(4,5)21-17)7-6-8-14(11)18-12-9-19-10-12/h6-8,12,18H,9-10H2,1-5H3. The maximum absolute atomic E-state index is 6.16. The lowest BCUT2D eigenvalue weighted by molar-refractivity contribution is 0.00578. The van der Waals surface area contributed by atoms with Crippen LogP contribution >= 0.6 is 0 Å². The fourth-order valence-electron chi connectivity index (χ4n) is 2.57. The van der Waals surface area contributed by atoms with Gasteiger partial charge in [0.05, 0.1) is 30.5 Å². The first kappa shape index (κ1) is 14.9. The molecule has 4 nitrogen and oxygen atoms in total. The molecule has 0 saturated carbocycles. The third-order valence-corrected chi connectivity index (χ3v) is 4.88. The Morgan fingerprint density at radius 1 is 1.10 bits per heavy atom. The zero-order valence-electron chi connectivity index (χ0n) is 13.5. The molecular formula is C16H24BNO3. The molecule has 21 heavy (non-hydrogen) atoms. The van der Waals surface area contributed by atoms with Gasteiger partial charge in [0.2, 0.25) is 0 Å². The van der Waals surface area contributed by atoms with E-state index in [9.17, 15) is 0 Å². The molecule has 2 aliphatic heterocycles. The van der Waals surface area contributed by atoms with Crippen LogP contribution in [-0.2, 0) is 14.0 Å². The van der Waals surface area contributed by atoms with E-state index < -0.39 is 0 Å². The highest BCUT2D eigenvalue weighted by atomic mass is 16.7. The molecule has 0 amide bonds. The van der Waals surface area contributed by atoms with Gasteiger partial charge in [-0.3, -0.25) is 0 Å². The Morgan fingerprint density at radius 2 is 1.71 bits per heavy atom. The maximum Gasteiger partial charge on any atom is 0.495 e. The second-order valence-electron chi connectivity index (χ2n) is 6.99. The van der Waals surface area contributed by atoms with Gasteiger partial charge in [0.25, 0.3) is 0 Å². The minimum absolute atomic E-state index is 0.310. The predicted octanol–water partition coefficient (Wildman–Crippen LogP) is 2.10. The molecule has 1 N–H and O–H groups in total. The van der Waals surface area contributed by atoms with Crippen molar-refractivity contribution in [1.82, 2.24) is 0 Å². The molecule has 2 saturated heterocycles. The molecule has 2 fully saturated rings. The molecule has 2 heterocycles. The SMILES string of the molecule is Cc1c(NC2COC2)cccc1B1OC(C)(C)C(C)(C)O1. The second kappa shape index (κ2) is 5.01. The average Bonchev–Trinajstić information content (AvgIpc) is 2.54. The summed E-state index contributed by atoms with van der Waals surface area (Å²) in [5.74, 6) is 0. The summed E-state index contributed by atoms with van der Waals surface area (Å²) >= 11 is 0. The lowest BCUT2D eigenvalue weighted by atomic mass is 9.76. The van der Waals surface area contributed by atoms with Gasteiger partial charge in [0.1, 0.15) is 0 Å². The van der Waals surface area contributed by atoms with Crippen molar-refractivity contribution in [2.24, 2.45) is 0 Å². The minimum Gasteiger partial charge on any atom is -0.399 e. The van der Waals surface area contributed by atoms with E-state index in [1.165, 1.54) is 5.56 Å². The lowest BCUT2D eigenvalue weighted by Crippen LogP contribution is -2.41. The smallest absolute Gasteiger partial charge is 0.399 e. The predicted molar refractivity (Wildman–Crippen MR) is 85.1 cm³/mol. The Labute approximate surface area is 127 Å². The van der Waals surface area contributed by atoms with Crippen LogP contribution in [0.1, 0.15) is 33.3 Å². The summed E-state index contributed by atoms with van der Waals surface area (Å²) in [5.41, 5.74) is 2.79. The van der Waals surface area contributed by atoms with Crippen LogP contribution in [-0.4, -0.2) is 37.6 Å². The summed E-state index contributed by atoms with van der Waals surface area (Å²) in [6, 6.07) is 6.65. The van der Waals surface area contributed by atoms with Crippen molar-refractivity contribution < 1.29 is 14.0 Å². The van der Waals surface area contributed by atoms with Crippen LogP contribution in [0, 0.1) is 6.92 Å². The van der Waals surface area contributed by atoms with Gasteiger partial charge in [-0.1, -0.05) is 12.1 Å². The molecule has 0 aromatic heterocycles. The van der Waals surface area contributed by atoms with Gasteiger partial charge in [0, 0.05) is 5.69 Å². The van der Waals surface area contributed by atoms with Crippen molar-refractivity contribution in [3.8, 4) is 0 Å². The van der Waals surface area contributed by atoms with E-state index in [2.05, 4.69) is 58.1 Å². The molecule has 0 unspecified atom stereocenters. The largest absolute Gasteiger partial charge is 0.495 e. The van der Waals surface area contributed by atoms with E-state index in [1.54, 1.807) is 0 Å². The first-order chi connectivity index (χ1) is 9.80. The average molecular weight is 289 g/mol. The zero-order valence-corrected chi connectivity index (χ0v) is 13.5. The molecule has 0 atom stereocenters. The Morgan fingerprint density at radius 3 is 2.24 bits per heavy atom. The van der Waals surface area contributed by atoms with Crippen LogP contribution in [0.2, 0.25) is 0 Å². The topological polar surface area (TPSA) is 39.7 Å². The molecule has 114 valence electrons. The van der Waals surface area contributed by atoms with Crippen molar-refractivity contribution in [2.75, 3.05) is 18.5 Å². The van der Waals surface area contributed by atoms with E-state index in [0.717, 1.165) is 24.4 Å². The molecule has 0 aliphatic carbocycles. The molecule has 0 spiro atoms. The van der Waals surface area contributed by atoms with Crippen molar-refractivity contribution in [3.05, 3.63) is 23.8 Å². The molecule has 1 aromatic rings. The first-order valence-corrected chi connectivity index (χ1v) is 7.59. The summed E-state index contributed by atoms with van der Waals surface area (Å²) < 4.78 is 17.5. The molecule has 5 heteroatoms. The van der Waals surface area contributed by atoms with Crippen LogP contribution in [0.15, 0.2) is 18.2 Å². The summed E-state index contributed by atoms with van der Waals surface area (Å²) in [6.07, 6.45) is 0. The van der Waals surface area contributed by atoms with E-state index in [4.69, 9.17) is 14.0 Å². The first-order valence-electron chi connectivity index (χ1n) is 7.59. The third-order valence-electron chi connectivity index (χ3n) is 4.88. The monoisotopic (exact) mass is 289 g/mol. The Kier molecular flexibility index (Phi) is 3.55.